The lowest BCUT2D eigenvalue weighted by atomic mass is 10.1. The molecule has 0 aliphatic heterocycles. The van der Waals surface area contributed by atoms with Gasteiger partial charge in [0.05, 0.1) is 13.2 Å². The first kappa shape index (κ1) is 15.4. The van der Waals surface area contributed by atoms with Gasteiger partial charge in [-0.25, -0.2) is 4.68 Å². The first-order chi connectivity index (χ1) is 10.2. The number of methoxy groups -OCH3 is 1. The third-order valence-corrected chi connectivity index (χ3v) is 3.12. The van der Waals surface area contributed by atoms with Crippen LogP contribution in [0.2, 0.25) is 0 Å². The minimum atomic E-state index is 0.604. The van der Waals surface area contributed by atoms with Gasteiger partial charge in [-0.15, -0.1) is 5.10 Å². The minimum absolute atomic E-state index is 0.604. The molecule has 0 radical (unpaired) electrons. The van der Waals surface area contributed by atoms with Gasteiger partial charge in [-0.2, -0.15) is 0 Å². The number of benzene rings is 1. The molecule has 0 spiro atoms. The molecule has 2 rings (SSSR count). The Labute approximate surface area is 124 Å². The Bertz CT molecular complexity index is 570. The summed E-state index contributed by atoms with van der Waals surface area (Å²) in [5, 5.41) is 11.9. The molecule has 1 heterocycles. The monoisotopic (exact) mass is 291 g/mol. The highest BCUT2D eigenvalue weighted by Crippen LogP contribution is 2.23. The molecule has 0 bridgehead atoms. The lowest BCUT2D eigenvalue weighted by molar-refractivity contribution is 0.0677. The van der Waals surface area contributed by atoms with E-state index in [0.717, 1.165) is 23.4 Å². The van der Waals surface area contributed by atoms with Gasteiger partial charge >= 0.3 is 0 Å². The van der Waals surface area contributed by atoms with Gasteiger partial charge in [0.15, 0.2) is 5.82 Å². The highest BCUT2D eigenvalue weighted by atomic mass is 16.5. The molecule has 0 atom stereocenters. The van der Waals surface area contributed by atoms with Crippen molar-refractivity contribution in [1.29, 1.82) is 0 Å². The number of nitrogen functional groups attached to an aromatic ring is 1. The highest BCUT2D eigenvalue weighted by Gasteiger charge is 2.11. The molecule has 0 unspecified atom stereocenters. The van der Waals surface area contributed by atoms with Crippen LogP contribution in [-0.2, 0) is 16.0 Å². The number of tetrazole rings is 1. The van der Waals surface area contributed by atoms with Crippen LogP contribution in [0.1, 0.15) is 12.0 Å². The van der Waals surface area contributed by atoms with Crippen LogP contribution in [0.4, 0.5) is 5.69 Å². The summed E-state index contributed by atoms with van der Waals surface area (Å²) in [7, 11) is 1.66. The third-order valence-electron chi connectivity index (χ3n) is 3.12. The number of hydrogen-bond acceptors (Lipinski definition) is 6. The fraction of sp³-hybridized carbons (Fsp3) is 0.500. The van der Waals surface area contributed by atoms with E-state index >= 15 is 0 Å². The molecule has 0 aliphatic carbocycles. The molecular weight excluding hydrogens is 270 g/mol. The van der Waals surface area contributed by atoms with Crippen LogP contribution in [0.3, 0.4) is 0 Å². The van der Waals surface area contributed by atoms with Crippen molar-refractivity contribution in [1.82, 2.24) is 20.2 Å². The predicted octanol–water partition coefficient (Wildman–Crippen LogP) is 1.28. The van der Waals surface area contributed by atoms with Gasteiger partial charge in [0, 0.05) is 31.5 Å². The van der Waals surface area contributed by atoms with Crippen molar-refractivity contribution < 1.29 is 9.47 Å². The van der Waals surface area contributed by atoms with E-state index in [1.807, 2.05) is 25.1 Å². The van der Waals surface area contributed by atoms with Crippen molar-refractivity contribution in [3.05, 3.63) is 23.8 Å². The predicted molar refractivity (Wildman–Crippen MR) is 79.7 cm³/mol. The Balaban J connectivity index is 1.97. The molecule has 7 nitrogen and oxygen atoms in total. The van der Waals surface area contributed by atoms with Gasteiger partial charge in [0.25, 0.3) is 0 Å². The second kappa shape index (κ2) is 7.70. The van der Waals surface area contributed by atoms with E-state index in [-0.39, 0.29) is 0 Å². The van der Waals surface area contributed by atoms with E-state index in [1.165, 1.54) is 0 Å². The van der Waals surface area contributed by atoms with Gasteiger partial charge in [-0.3, -0.25) is 0 Å². The number of anilines is 1. The summed E-state index contributed by atoms with van der Waals surface area (Å²) in [6, 6.07) is 5.74. The molecule has 0 amide bonds. The van der Waals surface area contributed by atoms with E-state index in [9.17, 15) is 0 Å². The molecule has 2 N–H and O–H groups in total. The van der Waals surface area contributed by atoms with Crippen molar-refractivity contribution >= 4 is 5.69 Å². The van der Waals surface area contributed by atoms with E-state index in [0.29, 0.717) is 32.1 Å². The fourth-order valence-corrected chi connectivity index (χ4v) is 1.99. The summed E-state index contributed by atoms with van der Waals surface area (Å²) in [4.78, 5) is 0. The van der Waals surface area contributed by atoms with E-state index in [2.05, 4.69) is 15.5 Å². The largest absolute Gasteiger partial charge is 0.399 e. The topological polar surface area (TPSA) is 88.1 Å². The van der Waals surface area contributed by atoms with Crippen molar-refractivity contribution in [3.8, 4) is 11.4 Å². The molecule has 114 valence electrons. The first-order valence-corrected chi connectivity index (χ1v) is 6.91. The van der Waals surface area contributed by atoms with Crippen LogP contribution < -0.4 is 5.73 Å². The van der Waals surface area contributed by atoms with Crippen LogP contribution in [0, 0.1) is 6.92 Å². The second-order valence-corrected chi connectivity index (χ2v) is 4.76. The van der Waals surface area contributed by atoms with Crippen molar-refractivity contribution in [2.45, 2.75) is 19.9 Å². The minimum Gasteiger partial charge on any atom is -0.399 e. The van der Waals surface area contributed by atoms with Crippen molar-refractivity contribution in [2.24, 2.45) is 0 Å². The summed E-state index contributed by atoms with van der Waals surface area (Å²) in [6.45, 7) is 4.58. The molecule has 7 heteroatoms. The molecule has 0 saturated carbocycles. The zero-order chi connectivity index (χ0) is 15.1. The Morgan fingerprint density at radius 3 is 2.90 bits per heavy atom. The number of aromatic nitrogens is 4. The number of aryl methyl sites for hydroxylation is 2. The van der Waals surface area contributed by atoms with Crippen LogP contribution >= 0.6 is 0 Å². The van der Waals surface area contributed by atoms with Crippen molar-refractivity contribution in [3.63, 3.8) is 0 Å². The SMILES string of the molecule is COCCOCCCn1nnnc1-c1cc(N)ccc1C. The Hall–Kier alpha value is -1.99. The molecule has 1 aromatic heterocycles. The maximum Gasteiger partial charge on any atom is 0.182 e. The maximum atomic E-state index is 5.84. The summed E-state index contributed by atoms with van der Waals surface area (Å²) < 4.78 is 12.1. The van der Waals surface area contributed by atoms with Crippen LogP contribution in [0.5, 0.6) is 0 Å². The molecule has 1 aromatic carbocycles. The zero-order valence-corrected chi connectivity index (χ0v) is 12.5. The molecular formula is C14H21N5O2. The number of nitrogens with two attached hydrogens (primary N) is 1. The smallest absolute Gasteiger partial charge is 0.182 e. The van der Waals surface area contributed by atoms with E-state index in [1.54, 1.807) is 11.8 Å². The van der Waals surface area contributed by atoms with Gasteiger partial charge in [-0.1, -0.05) is 6.07 Å². The average Bonchev–Trinajstić information content (AvgIpc) is 2.93. The van der Waals surface area contributed by atoms with Crippen LogP contribution in [-0.4, -0.2) is 47.1 Å². The molecule has 2 aromatic rings. The van der Waals surface area contributed by atoms with Crippen molar-refractivity contribution in [2.75, 3.05) is 32.7 Å². The Kier molecular flexibility index (Phi) is 5.65. The fourth-order valence-electron chi connectivity index (χ4n) is 1.99. The molecule has 0 aliphatic rings. The summed E-state index contributed by atoms with van der Waals surface area (Å²) >= 11 is 0. The van der Waals surface area contributed by atoms with Gasteiger partial charge in [0.2, 0.25) is 0 Å². The standard InChI is InChI=1S/C14H21N5O2/c1-11-4-5-12(15)10-13(11)14-16-17-18-19(14)6-3-7-21-9-8-20-2/h4-5,10H,3,6-9,15H2,1-2H3. The normalized spacial score (nSPS) is 11.0. The number of ether oxygens (including phenoxy) is 2. The quantitative estimate of drug-likeness (QED) is 0.582. The lowest BCUT2D eigenvalue weighted by Gasteiger charge is -2.08. The summed E-state index contributed by atoms with van der Waals surface area (Å²) in [5.41, 5.74) is 8.60. The first-order valence-electron chi connectivity index (χ1n) is 6.91. The lowest BCUT2D eigenvalue weighted by Crippen LogP contribution is -2.08. The van der Waals surface area contributed by atoms with Crippen LogP contribution in [0.15, 0.2) is 18.2 Å². The number of rotatable bonds is 8. The van der Waals surface area contributed by atoms with E-state index in [4.69, 9.17) is 15.2 Å². The summed E-state index contributed by atoms with van der Waals surface area (Å²) in [6.07, 6.45) is 0.836. The second-order valence-electron chi connectivity index (χ2n) is 4.76. The molecule has 0 fully saturated rings. The molecule has 0 saturated heterocycles. The van der Waals surface area contributed by atoms with E-state index < -0.39 is 0 Å². The third kappa shape index (κ3) is 4.24. The zero-order valence-electron chi connectivity index (χ0n) is 12.5. The molecule has 21 heavy (non-hydrogen) atoms. The number of nitrogens with zero attached hydrogens (tertiary/aromatic N) is 4. The highest BCUT2D eigenvalue weighted by molar-refractivity contribution is 5.65. The average molecular weight is 291 g/mol. The maximum absolute atomic E-state index is 5.84. The Morgan fingerprint density at radius 2 is 2.10 bits per heavy atom. The van der Waals surface area contributed by atoms with Crippen LogP contribution in [0.25, 0.3) is 11.4 Å². The Morgan fingerprint density at radius 1 is 1.24 bits per heavy atom. The van der Waals surface area contributed by atoms with Gasteiger partial charge in [0.1, 0.15) is 0 Å². The van der Waals surface area contributed by atoms with Gasteiger partial charge in [-0.05, 0) is 41.5 Å². The van der Waals surface area contributed by atoms with Gasteiger partial charge < -0.3 is 15.2 Å². The number of hydrogen-bond donors (Lipinski definition) is 1. The summed E-state index contributed by atoms with van der Waals surface area (Å²) in [5.74, 6) is 0.733.